The number of carbonyl (C=O) groups is 1. The minimum atomic E-state index is -0.446. The number of nitrogen functional groups attached to an aromatic ring is 1. The summed E-state index contributed by atoms with van der Waals surface area (Å²) in [5, 5.41) is 5.83. The van der Waals surface area contributed by atoms with E-state index in [0.29, 0.717) is 11.7 Å². The first-order valence-electron chi connectivity index (χ1n) is 5.98. The molecule has 4 N–H and O–H groups in total. The maximum Gasteiger partial charge on any atom is 0.242 e. The van der Waals surface area contributed by atoms with E-state index in [1.807, 2.05) is 20.8 Å². The lowest BCUT2D eigenvalue weighted by Gasteiger charge is -2.24. The van der Waals surface area contributed by atoms with E-state index in [0.717, 1.165) is 0 Å². The first kappa shape index (κ1) is 15.0. The van der Waals surface area contributed by atoms with Crippen LogP contribution in [0, 0.1) is 0 Å². The van der Waals surface area contributed by atoms with Gasteiger partial charge in [0.15, 0.2) is 0 Å². The normalized spacial score (nSPS) is 12.7. The standard InChI is InChI=1S/C12H21N5O2/c1-7(10(18)17-12(2,3)4)14-8-6-9(19-5)16-11(13)15-8/h6-7H,1-5H3,(H,17,18)(H3,13,14,15,16). The molecule has 7 nitrogen and oxygen atoms in total. The Labute approximate surface area is 113 Å². The number of aromatic nitrogens is 2. The molecule has 0 saturated heterocycles. The zero-order valence-corrected chi connectivity index (χ0v) is 11.9. The van der Waals surface area contributed by atoms with Crippen LogP contribution in [0.1, 0.15) is 27.7 Å². The fraction of sp³-hybridized carbons (Fsp3) is 0.583. The third-order valence-electron chi connectivity index (χ3n) is 2.18. The highest BCUT2D eigenvalue weighted by atomic mass is 16.5. The smallest absolute Gasteiger partial charge is 0.242 e. The third-order valence-corrected chi connectivity index (χ3v) is 2.18. The zero-order chi connectivity index (χ0) is 14.6. The van der Waals surface area contributed by atoms with Gasteiger partial charge in [-0.05, 0) is 27.7 Å². The summed E-state index contributed by atoms with van der Waals surface area (Å²) in [6.45, 7) is 7.50. The molecule has 0 aliphatic rings. The number of anilines is 2. The van der Waals surface area contributed by atoms with Crippen LogP contribution in [0.5, 0.6) is 5.88 Å². The van der Waals surface area contributed by atoms with Gasteiger partial charge in [-0.3, -0.25) is 4.79 Å². The summed E-state index contributed by atoms with van der Waals surface area (Å²) in [4.78, 5) is 19.8. The van der Waals surface area contributed by atoms with Crippen molar-refractivity contribution < 1.29 is 9.53 Å². The van der Waals surface area contributed by atoms with Gasteiger partial charge in [0, 0.05) is 11.6 Å². The van der Waals surface area contributed by atoms with Gasteiger partial charge in [-0.25, -0.2) is 0 Å². The molecule has 0 bridgehead atoms. The highest BCUT2D eigenvalue weighted by Crippen LogP contribution is 2.15. The monoisotopic (exact) mass is 267 g/mol. The summed E-state index contributed by atoms with van der Waals surface area (Å²) < 4.78 is 4.99. The van der Waals surface area contributed by atoms with Crippen LogP contribution in [-0.2, 0) is 4.79 Å². The lowest BCUT2D eigenvalue weighted by molar-refractivity contribution is -0.122. The van der Waals surface area contributed by atoms with Gasteiger partial charge in [-0.2, -0.15) is 9.97 Å². The van der Waals surface area contributed by atoms with E-state index in [1.54, 1.807) is 13.0 Å². The molecule has 1 aromatic rings. The van der Waals surface area contributed by atoms with E-state index < -0.39 is 6.04 Å². The second-order valence-corrected chi connectivity index (χ2v) is 5.26. The lowest BCUT2D eigenvalue weighted by Crippen LogP contribution is -2.47. The van der Waals surface area contributed by atoms with Crippen molar-refractivity contribution in [3.8, 4) is 5.88 Å². The number of hydrogen-bond acceptors (Lipinski definition) is 6. The van der Waals surface area contributed by atoms with Crippen molar-refractivity contribution in [3.63, 3.8) is 0 Å². The Balaban J connectivity index is 2.74. The van der Waals surface area contributed by atoms with E-state index in [2.05, 4.69) is 20.6 Å². The fourth-order valence-electron chi connectivity index (χ4n) is 1.39. The predicted octanol–water partition coefficient (Wildman–Crippen LogP) is 0.782. The Hall–Kier alpha value is -2.05. The molecule has 1 rings (SSSR count). The van der Waals surface area contributed by atoms with Crippen LogP contribution in [0.25, 0.3) is 0 Å². The van der Waals surface area contributed by atoms with Gasteiger partial charge in [0.1, 0.15) is 11.9 Å². The molecule has 7 heteroatoms. The summed E-state index contributed by atoms with van der Waals surface area (Å²) in [6.07, 6.45) is 0. The van der Waals surface area contributed by atoms with Crippen molar-refractivity contribution in [1.82, 2.24) is 15.3 Å². The number of nitrogens with two attached hydrogens (primary N) is 1. The summed E-state index contributed by atoms with van der Waals surface area (Å²) in [7, 11) is 1.49. The third kappa shape index (κ3) is 4.99. The topological polar surface area (TPSA) is 102 Å². The van der Waals surface area contributed by atoms with Crippen molar-refractivity contribution in [1.29, 1.82) is 0 Å². The Kier molecular flexibility index (Phi) is 4.52. The summed E-state index contributed by atoms with van der Waals surface area (Å²) >= 11 is 0. The average Bonchev–Trinajstić information content (AvgIpc) is 2.25. The average molecular weight is 267 g/mol. The first-order valence-corrected chi connectivity index (χ1v) is 5.98. The second-order valence-electron chi connectivity index (χ2n) is 5.26. The van der Waals surface area contributed by atoms with Crippen molar-refractivity contribution in [3.05, 3.63) is 6.07 Å². The van der Waals surface area contributed by atoms with Crippen LogP contribution >= 0.6 is 0 Å². The number of nitrogens with zero attached hydrogens (tertiary/aromatic N) is 2. The molecule has 0 aliphatic heterocycles. The van der Waals surface area contributed by atoms with Gasteiger partial charge in [-0.1, -0.05) is 0 Å². The molecule has 1 amide bonds. The van der Waals surface area contributed by atoms with Crippen LogP contribution in [-0.4, -0.2) is 34.6 Å². The number of ether oxygens (including phenoxy) is 1. The van der Waals surface area contributed by atoms with E-state index in [1.165, 1.54) is 7.11 Å². The van der Waals surface area contributed by atoms with Gasteiger partial charge < -0.3 is 21.1 Å². The van der Waals surface area contributed by atoms with Crippen molar-refractivity contribution in [2.75, 3.05) is 18.2 Å². The van der Waals surface area contributed by atoms with Gasteiger partial charge in [0.25, 0.3) is 0 Å². The maximum absolute atomic E-state index is 11.9. The predicted molar refractivity (Wildman–Crippen MR) is 74.0 cm³/mol. The Morgan fingerprint density at radius 3 is 2.58 bits per heavy atom. The SMILES string of the molecule is COc1cc(NC(C)C(=O)NC(C)(C)C)nc(N)n1. The van der Waals surface area contributed by atoms with Crippen molar-refractivity contribution in [2.24, 2.45) is 0 Å². The number of rotatable bonds is 4. The van der Waals surface area contributed by atoms with Gasteiger partial charge in [0.2, 0.25) is 17.7 Å². The molecular formula is C12H21N5O2. The van der Waals surface area contributed by atoms with Crippen LogP contribution in [0.4, 0.5) is 11.8 Å². The molecule has 0 radical (unpaired) electrons. The van der Waals surface area contributed by atoms with Gasteiger partial charge in [0.05, 0.1) is 7.11 Å². The van der Waals surface area contributed by atoms with Crippen LogP contribution in [0.15, 0.2) is 6.07 Å². The number of nitrogens with one attached hydrogen (secondary N) is 2. The van der Waals surface area contributed by atoms with Crippen molar-refractivity contribution in [2.45, 2.75) is 39.3 Å². The van der Waals surface area contributed by atoms with E-state index in [9.17, 15) is 4.79 Å². The summed E-state index contributed by atoms with van der Waals surface area (Å²) in [6, 6.07) is 1.13. The molecular weight excluding hydrogens is 246 g/mol. The summed E-state index contributed by atoms with van der Waals surface area (Å²) in [5.74, 6) is 0.758. The van der Waals surface area contributed by atoms with Crippen LogP contribution in [0.3, 0.4) is 0 Å². The summed E-state index contributed by atoms with van der Waals surface area (Å²) in [5.41, 5.74) is 5.26. The molecule has 1 heterocycles. The minimum absolute atomic E-state index is 0.0882. The van der Waals surface area contributed by atoms with Crippen LogP contribution in [0.2, 0.25) is 0 Å². The molecule has 1 atom stereocenters. The zero-order valence-electron chi connectivity index (χ0n) is 11.9. The molecule has 0 fully saturated rings. The largest absolute Gasteiger partial charge is 0.481 e. The Bertz CT molecular complexity index is 456. The molecule has 0 spiro atoms. The first-order chi connectivity index (χ1) is 8.71. The highest BCUT2D eigenvalue weighted by Gasteiger charge is 2.19. The molecule has 0 saturated carbocycles. The molecule has 1 aromatic heterocycles. The van der Waals surface area contributed by atoms with E-state index >= 15 is 0 Å². The van der Waals surface area contributed by atoms with Crippen molar-refractivity contribution >= 4 is 17.7 Å². The maximum atomic E-state index is 11.9. The number of carbonyl (C=O) groups excluding carboxylic acids is 1. The minimum Gasteiger partial charge on any atom is -0.481 e. The number of amides is 1. The Morgan fingerprint density at radius 1 is 1.42 bits per heavy atom. The van der Waals surface area contributed by atoms with Crippen LogP contribution < -0.4 is 21.1 Å². The van der Waals surface area contributed by atoms with Gasteiger partial charge in [-0.15, -0.1) is 0 Å². The number of methoxy groups -OCH3 is 1. The quantitative estimate of drug-likeness (QED) is 0.745. The van der Waals surface area contributed by atoms with Gasteiger partial charge >= 0.3 is 0 Å². The Morgan fingerprint density at radius 2 is 2.05 bits per heavy atom. The fourth-order valence-corrected chi connectivity index (χ4v) is 1.39. The molecule has 106 valence electrons. The molecule has 19 heavy (non-hydrogen) atoms. The second kappa shape index (κ2) is 5.73. The molecule has 1 unspecified atom stereocenters. The van der Waals surface area contributed by atoms with E-state index in [4.69, 9.17) is 10.5 Å². The molecule has 0 aromatic carbocycles. The number of hydrogen-bond donors (Lipinski definition) is 3. The van der Waals surface area contributed by atoms with E-state index in [-0.39, 0.29) is 17.4 Å². The lowest BCUT2D eigenvalue weighted by atomic mass is 10.1. The highest BCUT2D eigenvalue weighted by molar-refractivity contribution is 5.84. The molecule has 0 aliphatic carbocycles.